The summed E-state index contributed by atoms with van der Waals surface area (Å²) in [6.45, 7) is 1.80. The van der Waals surface area contributed by atoms with Crippen LogP contribution in [0.4, 0.5) is 15.8 Å². The number of halogens is 3. The quantitative estimate of drug-likeness (QED) is 0.263. The summed E-state index contributed by atoms with van der Waals surface area (Å²) < 4.78 is 19.4. The topological polar surface area (TPSA) is 74.2 Å². The second-order valence-electron chi connectivity index (χ2n) is 7.07. The van der Waals surface area contributed by atoms with Crippen LogP contribution in [0.25, 0.3) is 0 Å². The standard InChI is InChI=1S/C24H22Cl2FN3O2/c1-15(29-24(31)23(25)26)22(16-5-3-2-4-6-16)32-20-11-12-21(17(13-20)14-28)30-19-9-7-18(27)8-10-19/h2-15,22-23,28,30H,1H3,(H,29,31)/t15?,22-/m0/s1. The zero-order valence-corrected chi connectivity index (χ0v) is 18.7. The number of amides is 1. The highest BCUT2D eigenvalue weighted by molar-refractivity contribution is 6.53. The van der Waals surface area contributed by atoms with Gasteiger partial charge < -0.3 is 20.8 Å². The van der Waals surface area contributed by atoms with Crippen LogP contribution in [0, 0.1) is 11.2 Å². The van der Waals surface area contributed by atoms with Crippen LogP contribution < -0.4 is 15.4 Å². The van der Waals surface area contributed by atoms with Crippen molar-refractivity contribution in [3.05, 3.63) is 89.7 Å². The van der Waals surface area contributed by atoms with Crippen LogP contribution in [0.2, 0.25) is 0 Å². The first-order chi connectivity index (χ1) is 15.4. The summed E-state index contributed by atoms with van der Waals surface area (Å²) in [5.41, 5.74) is 2.80. The molecule has 0 aliphatic rings. The van der Waals surface area contributed by atoms with Crippen LogP contribution >= 0.6 is 23.2 Å². The van der Waals surface area contributed by atoms with Crippen molar-refractivity contribution in [2.75, 3.05) is 5.32 Å². The van der Waals surface area contributed by atoms with E-state index < -0.39 is 22.9 Å². The lowest BCUT2D eigenvalue weighted by Gasteiger charge is -2.27. The van der Waals surface area contributed by atoms with Gasteiger partial charge in [-0.1, -0.05) is 53.5 Å². The number of hydrogen-bond donors (Lipinski definition) is 3. The molecule has 3 aromatic carbocycles. The Morgan fingerprint density at radius 1 is 1.06 bits per heavy atom. The molecule has 0 heterocycles. The minimum absolute atomic E-state index is 0.325. The van der Waals surface area contributed by atoms with E-state index in [9.17, 15) is 9.18 Å². The molecule has 0 saturated heterocycles. The van der Waals surface area contributed by atoms with E-state index in [0.717, 1.165) is 5.56 Å². The van der Waals surface area contributed by atoms with Gasteiger partial charge in [0.2, 0.25) is 0 Å². The maximum Gasteiger partial charge on any atom is 0.253 e. The van der Waals surface area contributed by atoms with Crippen molar-refractivity contribution in [2.24, 2.45) is 0 Å². The fraction of sp³-hybridized carbons (Fsp3) is 0.167. The maximum absolute atomic E-state index is 13.2. The largest absolute Gasteiger partial charge is 0.484 e. The molecule has 0 fully saturated rings. The first-order valence-corrected chi connectivity index (χ1v) is 10.7. The number of rotatable bonds is 9. The molecule has 5 nitrogen and oxygen atoms in total. The van der Waals surface area contributed by atoms with Crippen molar-refractivity contribution >= 4 is 46.7 Å². The summed E-state index contributed by atoms with van der Waals surface area (Å²) in [4.78, 5) is 10.8. The smallest absolute Gasteiger partial charge is 0.253 e. The van der Waals surface area contributed by atoms with Gasteiger partial charge in [0.05, 0.1) is 6.04 Å². The fourth-order valence-electron chi connectivity index (χ4n) is 3.15. The Hall–Kier alpha value is -3.09. The van der Waals surface area contributed by atoms with Crippen LogP contribution in [-0.2, 0) is 4.79 Å². The Bertz CT molecular complexity index is 1060. The second-order valence-corrected chi connectivity index (χ2v) is 8.17. The minimum Gasteiger partial charge on any atom is -0.484 e. The van der Waals surface area contributed by atoms with Gasteiger partial charge in [-0.05, 0) is 55.0 Å². The summed E-state index contributed by atoms with van der Waals surface area (Å²) in [7, 11) is 0. The Labute approximate surface area is 196 Å². The first-order valence-electron chi connectivity index (χ1n) is 9.84. The van der Waals surface area contributed by atoms with Crippen molar-refractivity contribution < 1.29 is 13.9 Å². The summed E-state index contributed by atoms with van der Waals surface area (Å²) >= 11 is 11.4. The lowest BCUT2D eigenvalue weighted by Crippen LogP contribution is -2.41. The van der Waals surface area contributed by atoms with Gasteiger partial charge in [-0.3, -0.25) is 4.79 Å². The van der Waals surface area contributed by atoms with Gasteiger partial charge in [0.25, 0.3) is 5.91 Å². The van der Waals surface area contributed by atoms with E-state index in [4.69, 9.17) is 33.3 Å². The average Bonchev–Trinajstić information content (AvgIpc) is 2.80. The fourth-order valence-corrected chi connectivity index (χ4v) is 3.27. The van der Waals surface area contributed by atoms with Gasteiger partial charge in [-0.2, -0.15) is 0 Å². The number of nitrogens with one attached hydrogen (secondary N) is 3. The molecule has 3 N–H and O–H groups in total. The van der Waals surface area contributed by atoms with Crippen LogP contribution in [-0.4, -0.2) is 23.0 Å². The van der Waals surface area contributed by atoms with Gasteiger partial charge in [0, 0.05) is 23.2 Å². The molecule has 1 amide bonds. The molecule has 32 heavy (non-hydrogen) atoms. The summed E-state index contributed by atoms with van der Waals surface area (Å²) in [5.74, 6) is -0.324. The minimum atomic E-state index is -1.18. The second kappa shape index (κ2) is 11.0. The molecule has 0 bridgehead atoms. The lowest BCUT2D eigenvalue weighted by molar-refractivity contribution is -0.120. The number of carbonyl (C=O) groups is 1. The van der Waals surface area contributed by atoms with E-state index in [2.05, 4.69) is 10.6 Å². The van der Waals surface area contributed by atoms with Crippen molar-refractivity contribution in [1.82, 2.24) is 5.32 Å². The van der Waals surface area contributed by atoms with Crippen LogP contribution in [0.3, 0.4) is 0 Å². The van der Waals surface area contributed by atoms with E-state index >= 15 is 0 Å². The lowest BCUT2D eigenvalue weighted by atomic mass is 10.0. The Kier molecular flexibility index (Phi) is 8.09. The molecule has 3 aromatic rings. The molecule has 8 heteroatoms. The molecule has 0 saturated carbocycles. The molecule has 0 aliphatic heterocycles. The molecule has 0 radical (unpaired) electrons. The summed E-state index contributed by atoms with van der Waals surface area (Å²) in [6.07, 6.45) is 0.675. The van der Waals surface area contributed by atoms with Crippen molar-refractivity contribution in [3.63, 3.8) is 0 Å². The Balaban J connectivity index is 1.84. The van der Waals surface area contributed by atoms with Crippen LogP contribution in [0.15, 0.2) is 72.8 Å². The maximum atomic E-state index is 13.2. The summed E-state index contributed by atoms with van der Waals surface area (Å²) in [5, 5.41) is 13.7. The number of anilines is 2. The Morgan fingerprint density at radius 2 is 1.75 bits per heavy atom. The molecule has 166 valence electrons. The molecule has 0 aliphatic carbocycles. The molecule has 3 rings (SSSR count). The number of hydrogen-bond acceptors (Lipinski definition) is 4. The Morgan fingerprint density at radius 3 is 2.38 bits per heavy atom. The zero-order chi connectivity index (χ0) is 23.1. The number of benzene rings is 3. The van der Waals surface area contributed by atoms with E-state index in [-0.39, 0.29) is 5.82 Å². The average molecular weight is 474 g/mol. The highest BCUT2D eigenvalue weighted by Crippen LogP contribution is 2.29. The first kappa shape index (κ1) is 23.6. The van der Waals surface area contributed by atoms with E-state index in [1.54, 1.807) is 37.3 Å². The van der Waals surface area contributed by atoms with E-state index in [1.165, 1.54) is 18.3 Å². The summed E-state index contributed by atoms with van der Waals surface area (Å²) in [6, 6.07) is 20.2. The third-order valence-corrected chi connectivity index (χ3v) is 5.11. The van der Waals surface area contributed by atoms with Gasteiger partial charge in [-0.15, -0.1) is 0 Å². The predicted molar refractivity (Wildman–Crippen MR) is 127 cm³/mol. The molecular formula is C24H22Cl2FN3O2. The van der Waals surface area contributed by atoms with Gasteiger partial charge in [0.1, 0.15) is 17.7 Å². The van der Waals surface area contributed by atoms with Gasteiger partial charge in [-0.25, -0.2) is 4.39 Å². The highest BCUT2D eigenvalue weighted by atomic mass is 35.5. The van der Waals surface area contributed by atoms with Crippen molar-refractivity contribution in [1.29, 1.82) is 5.41 Å². The molecular weight excluding hydrogens is 452 g/mol. The number of ether oxygens (including phenoxy) is 1. The van der Waals surface area contributed by atoms with Crippen LogP contribution in [0.5, 0.6) is 5.75 Å². The normalized spacial score (nSPS) is 12.7. The number of carbonyl (C=O) groups excluding carboxylic acids is 1. The third-order valence-electron chi connectivity index (χ3n) is 4.72. The molecule has 1 unspecified atom stereocenters. The molecule has 2 atom stereocenters. The SMILES string of the molecule is CC(NC(=O)C(Cl)Cl)[C@H](Oc1ccc(Nc2ccc(F)cc2)c(C=N)c1)c1ccccc1. The van der Waals surface area contributed by atoms with Crippen molar-refractivity contribution in [2.45, 2.75) is 23.9 Å². The third kappa shape index (κ3) is 6.22. The highest BCUT2D eigenvalue weighted by Gasteiger charge is 2.25. The zero-order valence-electron chi connectivity index (χ0n) is 17.2. The predicted octanol–water partition coefficient (Wildman–Crippen LogP) is 6.00. The van der Waals surface area contributed by atoms with Gasteiger partial charge >= 0.3 is 0 Å². The molecule has 0 spiro atoms. The monoisotopic (exact) mass is 473 g/mol. The molecule has 0 aromatic heterocycles. The van der Waals surface area contributed by atoms with Crippen LogP contribution in [0.1, 0.15) is 24.2 Å². The number of alkyl halides is 2. The van der Waals surface area contributed by atoms with E-state index in [1.807, 2.05) is 30.3 Å². The van der Waals surface area contributed by atoms with E-state index in [0.29, 0.717) is 22.7 Å². The van der Waals surface area contributed by atoms with Gasteiger partial charge in [0.15, 0.2) is 4.84 Å². The van der Waals surface area contributed by atoms with Crippen molar-refractivity contribution in [3.8, 4) is 5.75 Å².